The number of rotatable bonds is 64. The Morgan fingerprint density at radius 1 is 0.253 bits per heavy atom. The molecule has 6 nitrogen and oxygen atoms in total. The van der Waals surface area contributed by atoms with Gasteiger partial charge in [0.05, 0.1) is 0 Å². The van der Waals surface area contributed by atoms with Gasteiger partial charge in [-0.1, -0.05) is 316 Å². The smallest absolute Gasteiger partial charge is 0.306 e. The summed E-state index contributed by atoms with van der Waals surface area (Å²) in [6.45, 7) is 6.40. The molecular weight excluding hydrogens is 1020 g/mol. The van der Waals surface area contributed by atoms with Crippen molar-refractivity contribution in [2.24, 2.45) is 0 Å². The molecule has 0 aromatic carbocycles. The average molecular weight is 1150 g/mol. The van der Waals surface area contributed by atoms with Gasteiger partial charge in [0.15, 0.2) is 6.10 Å². The third-order valence-corrected chi connectivity index (χ3v) is 15.2. The van der Waals surface area contributed by atoms with Crippen molar-refractivity contribution in [1.82, 2.24) is 0 Å². The van der Waals surface area contributed by atoms with E-state index in [1.165, 1.54) is 180 Å². The number of esters is 3. The van der Waals surface area contributed by atoms with Gasteiger partial charge in [0.25, 0.3) is 0 Å². The third kappa shape index (κ3) is 68.7. The van der Waals surface area contributed by atoms with Crippen LogP contribution in [0.2, 0.25) is 0 Å². The lowest BCUT2D eigenvalue weighted by molar-refractivity contribution is -0.167. The fraction of sp³-hybridized carbons (Fsp3) is 0.727. The second-order valence-electron chi connectivity index (χ2n) is 23.4. The lowest BCUT2D eigenvalue weighted by atomic mass is 10.0. The van der Waals surface area contributed by atoms with Crippen LogP contribution in [0.1, 0.15) is 342 Å². The predicted molar refractivity (Wildman–Crippen MR) is 362 cm³/mol. The molecule has 476 valence electrons. The summed E-state index contributed by atoms with van der Waals surface area (Å²) in [5, 5.41) is 0. The van der Waals surface area contributed by atoms with E-state index < -0.39 is 6.10 Å². The van der Waals surface area contributed by atoms with Crippen molar-refractivity contribution in [3.05, 3.63) is 109 Å². The summed E-state index contributed by atoms with van der Waals surface area (Å²) in [7, 11) is 0. The van der Waals surface area contributed by atoms with Gasteiger partial charge >= 0.3 is 17.9 Å². The fourth-order valence-corrected chi connectivity index (χ4v) is 10.00. The van der Waals surface area contributed by atoms with Gasteiger partial charge in [-0.15, -0.1) is 0 Å². The molecule has 0 aliphatic carbocycles. The first-order chi connectivity index (χ1) is 41.0. The van der Waals surface area contributed by atoms with Crippen molar-refractivity contribution in [2.45, 2.75) is 348 Å². The molecule has 0 aliphatic rings. The van der Waals surface area contributed by atoms with Crippen LogP contribution in [0.4, 0.5) is 0 Å². The van der Waals surface area contributed by atoms with Gasteiger partial charge in [0.2, 0.25) is 0 Å². The third-order valence-electron chi connectivity index (χ3n) is 15.2. The number of hydrogen-bond donors (Lipinski definition) is 0. The molecule has 0 saturated carbocycles. The molecule has 1 unspecified atom stereocenters. The van der Waals surface area contributed by atoms with Crippen molar-refractivity contribution < 1.29 is 28.6 Å². The Balaban J connectivity index is 4.15. The van der Waals surface area contributed by atoms with Crippen LogP contribution < -0.4 is 0 Å². The monoisotopic (exact) mass is 1150 g/mol. The molecule has 0 saturated heterocycles. The largest absolute Gasteiger partial charge is 0.462 e. The van der Waals surface area contributed by atoms with Crippen LogP contribution in [0.5, 0.6) is 0 Å². The Kier molecular flexibility index (Phi) is 67.2. The first-order valence-electron chi connectivity index (χ1n) is 35.4. The highest BCUT2D eigenvalue weighted by Crippen LogP contribution is 2.17. The van der Waals surface area contributed by atoms with Crippen LogP contribution in [0.15, 0.2) is 109 Å². The standard InChI is InChI=1S/C77H132O6/c1-4-7-10-13-16-19-22-24-26-28-30-32-33-34-35-36-37-38-39-40-41-42-43-45-46-48-50-52-55-58-61-64-67-70-76(79)82-73-74(72-81-75(78)69-66-63-60-57-54-21-18-15-12-9-6-3)83-77(80)71-68-65-62-59-56-53-51-49-47-44-31-29-27-25-23-20-17-14-11-8-5-2/h7-8,10-11,15-20,24-27,30-32,44,74H,4-6,9,12-14,21-23,28-29,33-43,45-73H2,1-3H3/b10-7-,11-8-,18-15-,19-16-,20-17-,26-24-,27-25-,32-30-,44-31-. The summed E-state index contributed by atoms with van der Waals surface area (Å²) < 4.78 is 16.9. The predicted octanol–water partition coefficient (Wildman–Crippen LogP) is 24.6. The van der Waals surface area contributed by atoms with E-state index in [0.717, 1.165) is 122 Å². The molecule has 0 N–H and O–H groups in total. The lowest BCUT2D eigenvalue weighted by Crippen LogP contribution is -2.30. The highest BCUT2D eigenvalue weighted by atomic mass is 16.6. The molecule has 0 rings (SSSR count). The fourth-order valence-electron chi connectivity index (χ4n) is 10.00. The van der Waals surface area contributed by atoms with Crippen molar-refractivity contribution in [2.75, 3.05) is 13.2 Å². The van der Waals surface area contributed by atoms with E-state index >= 15 is 0 Å². The van der Waals surface area contributed by atoms with Gasteiger partial charge in [-0.3, -0.25) is 14.4 Å². The number of hydrogen-bond acceptors (Lipinski definition) is 6. The van der Waals surface area contributed by atoms with Crippen LogP contribution in [0.25, 0.3) is 0 Å². The van der Waals surface area contributed by atoms with E-state index in [1.54, 1.807) is 0 Å². The van der Waals surface area contributed by atoms with Crippen molar-refractivity contribution in [3.8, 4) is 0 Å². The highest BCUT2D eigenvalue weighted by Gasteiger charge is 2.19. The summed E-state index contributed by atoms with van der Waals surface area (Å²) in [5.74, 6) is -0.886. The first-order valence-corrected chi connectivity index (χ1v) is 35.4. The second-order valence-corrected chi connectivity index (χ2v) is 23.4. The first kappa shape index (κ1) is 79.1. The van der Waals surface area contributed by atoms with Gasteiger partial charge in [-0.05, 0) is 116 Å². The quantitative estimate of drug-likeness (QED) is 0.0261. The summed E-state index contributed by atoms with van der Waals surface area (Å²) >= 11 is 0. The zero-order valence-electron chi connectivity index (χ0n) is 54.7. The molecule has 0 aliphatic heterocycles. The van der Waals surface area contributed by atoms with Crippen molar-refractivity contribution in [3.63, 3.8) is 0 Å². The summed E-state index contributed by atoms with van der Waals surface area (Å²) in [6, 6.07) is 0. The maximum Gasteiger partial charge on any atom is 0.306 e. The number of ether oxygens (including phenoxy) is 3. The Labute approximate surface area is 514 Å². The van der Waals surface area contributed by atoms with E-state index in [1.807, 2.05) is 0 Å². The van der Waals surface area contributed by atoms with Gasteiger partial charge in [-0.25, -0.2) is 0 Å². The van der Waals surface area contributed by atoms with E-state index in [-0.39, 0.29) is 31.1 Å². The molecule has 0 radical (unpaired) electrons. The molecule has 0 aromatic rings. The Morgan fingerprint density at radius 3 is 0.747 bits per heavy atom. The van der Waals surface area contributed by atoms with Gasteiger partial charge in [0, 0.05) is 19.3 Å². The zero-order valence-corrected chi connectivity index (χ0v) is 54.7. The molecule has 0 spiro atoms. The van der Waals surface area contributed by atoms with E-state index in [0.29, 0.717) is 19.3 Å². The van der Waals surface area contributed by atoms with Crippen molar-refractivity contribution >= 4 is 17.9 Å². The molecule has 1 atom stereocenters. The van der Waals surface area contributed by atoms with E-state index in [4.69, 9.17) is 14.2 Å². The molecule has 0 bridgehead atoms. The molecule has 0 heterocycles. The van der Waals surface area contributed by atoms with Gasteiger partial charge < -0.3 is 14.2 Å². The normalized spacial score (nSPS) is 12.8. The molecule has 6 heteroatoms. The average Bonchev–Trinajstić information content (AvgIpc) is 3.48. The SMILES string of the molecule is CC/C=C\C/C=C\C/C=C\C/C=C\CCCCCCCCCCCCCCCCCCCCCCC(=O)OCC(COC(=O)CCCCCCC/C=C\CCCC)OC(=O)CCCCCCCCCC/C=C\C/C=C\C/C=C\C/C=C\CC. The Morgan fingerprint density at radius 2 is 0.470 bits per heavy atom. The molecule has 83 heavy (non-hydrogen) atoms. The summed E-state index contributed by atoms with van der Waals surface area (Å²) in [6.07, 6.45) is 97.0. The molecule has 0 fully saturated rings. The van der Waals surface area contributed by atoms with Crippen LogP contribution >= 0.6 is 0 Å². The minimum Gasteiger partial charge on any atom is -0.462 e. The molecule has 0 aromatic heterocycles. The number of unbranched alkanes of at least 4 members (excludes halogenated alkanes) is 35. The van der Waals surface area contributed by atoms with Crippen LogP contribution in [0.3, 0.4) is 0 Å². The Bertz CT molecular complexity index is 1660. The molecular formula is C77H132O6. The minimum atomic E-state index is -0.786. The van der Waals surface area contributed by atoms with Crippen molar-refractivity contribution in [1.29, 1.82) is 0 Å². The Hall–Kier alpha value is -3.93. The van der Waals surface area contributed by atoms with Gasteiger partial charge in [-0.2, -0.15) is 0 Å². The van der Waals surface area contributed by atoms with E-state index in [9.17, 15) is 14.4 Å². The highest BCUT2D eigenvalue weighted by molar-refractivity contribution is 5.71. The van der Waals surface area contributed by atoms with Crippen LogP contribution in [0, 0.1) is 0 Å². The minimum absolute atomic E-state index is 0.0810. The maximum absolute atomic E-state index is 12.9. The zero-order chi connectivity index (χ0) is 59.9. The second kappa shape index (κ2) is 70.6. The number of carbonyl (C=O) groups is 3. The summed E-state index contributed by atoms with van der Waals surface area (Å²) in [4.78, 5) is 38.4. The molecule has 0 amide bonds. The number of carbonyl (C=O) groups excluding carboxylic acids is 3. The van der Waals surface area contributed by atoms with E-state index in [2.05, 4.69) is 130 Å². The van der Waals surface area contributed by atoms with Gasteiger partial charge in [0.1, 0.15) is 13.2 Å². The number of allylic oxidation sites excluding steroid dienone is 18. The topological polar surface area (TPSA) is 78.9 Å². The lowest BCUT2D eigenvalue weighted by Gasteiger charge is -2.18. The van der Waals surface area contributed by atoms with Crippen LogP contribution in [-0.2, 0) is 28.6 Å². The summed E-state index contributed by atoms with van der Waals surface area (Å²) in [5.41, 5.74) is 0. The maximum atomic E-state index is 12.9. The van der Waals surface area contributed by atoms with Crippen LogP contribution in [-0.4, -0.2) is 37.2 Å².